The van der Waals surface area contributed by atoms with E-state index in [0.29, 0.717) is 6.04 Å². The fourth-order valence-corrected chi connectivity index (χ4v) is 3.75. The Morgan fingerprint density at radius 3 is 2.89 bits per heavy atom. The molecule has 1 aromatic rings. The zero-order valence-corrected chi connectivity index (χ0v) is 12.7. The van der Waals surface area contributed by atoms with Gasteiger partial charge in [0.1, 0.15) is 0 Å². The van der Waals surface area contributed by atoms with E-state index < -0.39 is 0 Å². The van der Waals surface area contributed by atoms with Crippen molar-refractivity contribution in [2.45, 2.75) is 39.2 Å². The topological polar surface area (TPSA) is 21.3 Å². The Bertz CT molecular complexity index is 372. The van der Waals surface area contributed by atoms with Crippen LogP contribution in [0.3, 0.4) is 0 Å². The summed E-state index contributed by atoms with van der Waals surface area (Å²) in [6.45, 7) is 7.19. The normalized spacial score (nSPS) is 24.7. The molecule has 2 heterocycles. The van der Waals surface area contributed by atoms with E-state index in [1.807, 2.05) is 6.07 Å². The van der Waals surface area contributed by atoms with E-state index in [-0.39, 0.29) is 5.41 Å². The van der Waals surface area contributed by atoms with Gasteiger partial charge in [-0.1, -0.05) is 25.4 Å². The molecule has 1 N–H and O–H groups in total. The summed E-state index contributed by atoms with van der Waals surface area (Å²) in [4.78, 5) is 1.37. The quantitative estimate of drug-likeness (QED) is 0.891. The molecule has 1 unspecified atom stereocenters. The Morgan fingerprint density at radius 1 is 1.50 bits per heavy atom. The number of nitrogens with one attached hydrogen (secondary N) is 1. The zero-order valence-electron chi connectivity index (χ0n) is 11.2. The highest BCUT2D eigenvalue weighted by atomic mass is 35.5. The summed E-state index contributed by atoms with van der Waals surface area (Å²) in [6, 6.07) is 4.67. The maximum Gasteiger partial charge on any atom is 0.0931 e. The van der Waals surface area contributed by atoms with E-state index in [4.69, 9.17) is 16.3 Å². The predicted molar refractivity (Wildman–Crippen MR) is 78.7 cm³/mol. The van der Waals surface area contributed by atoms with Crippen molar-refractivity contribution in [1.82, 2.24) is 5.32 Å². The third kappa shape index (κ3) is 3.95. The molecule has 0 spiro atoms. The van der Waals surface area contributed by atoms with Crippen LogP contribution in [-0.2, 0) is 11.2 Å². The van der Waals surface area contributed by atoms with Crippen molar-refractivity contribution >= 4 is 22.9 Å². The van der Waals surface area contributed by atoms with Gasteiger partial charge >= 0.3 is 0 Å². The van der Waals surface area contributed by atoms with Gasteiger partial charge in [0.25, 0.3) is 0 Å². The number of hydrogen-bond acceptors (Lipinski definition) is 3. The molecule has 1 aliphatic heterocycles. The zero-order chi connectivity index (χ0) is 13.0. The van der Waals surface area contributed by atoms with Crippen LogP contribution < -0.4 is 5.32 Å². The van der Waals surface area contributed by atoms with E-state index in [9.17, 15) is 0 Å². The number of thiophene rings is 1. The standard InChI is InChI=1S/C14H22ClNOS/c1-11(2)16-9-14(6-3-7-17-10-14)8-12-4-5-13(15)18-12/h4-5,11,16H,3,6-10H2,1-2H3. The molecule has 0 aromatic carbocycles. The molecule has 0 radical (unpaired) electrons. The summed E-state index contributed by atoms with van der Waals surface area (Å²) in [5.74, 6) is 0. The molecule has 102 valence electrons. The highest BCUT2D eigenvalue weighted by Crippen LogP contribution is 2.35. The second-order valence-corrected chi connectivity index (χ2v) is 7.37. The Balaban J connectivity index is 2.03. The van der Waals surface area contributed by atoms with Gasteiger partial charge in [0.2, 0.25) is 0 Å². The first-order chi connectivity index (χ1) is 8.60. The third-order valence-corrected chi connectivity index (χ3v) is 4.70. The fraction of sp³-hybridized carbons (Fsp3) is 0.714. The molecule has 1 aromatic heterocycles. The summed E-state index contributed by atoms with van der Waals surface area (Å²) < 4.78 is 6.61. The van der Waals surface area contributed by atoms with Crippen LogP contribution in [0.1, 0.15) is 31.6 Å². The van der Waals surface area contributed by atoms with E-state index in [1.54, 1.807) is 11.3 Å². The summed E-state index contributed by atoms with van der Waals surface area (Å²) >= 11 is 7.72. The highest BCUT2D eigenvalue weighted by Gasteiger charge is 2.33. The summed E-state index contributed by atoms with van der Waals surface area (Å²) in [6.07, 6.45) is 3.48. The molecule has 1 aliphatic rings. The van der Waals surface area contributed by atoms with Crippen molar-refractivity contribution in [1.29, 1.82) is 0 Å². The molecular formula is C14H22ClNOS. The Labute approximate surface area is 119 Å². The molecule has 18 heavy (non-hydrogen) atoms. The molecule has 0 saturated carbocycles. The Hall–Kier alpha value is -0.0900. The van der Waals surface area contributed by atoms with Crippen LogP contribution in [0.4, 0.5) is 0 Å². The largest absolute Gasteiger partial charge is 0.381 e. The van der Waals surface area contributed by atoms with Gasteiger partial charge in [-0.3, -0.25) is 0 Å². The van der Waals surface area contributed by atoms with Gasteiger partial charge in [-0.05, 0) is 31.4 Å². The van der Waals surface area contributed by atoms with E-state index in [0.717, 1.165) is 30.5 Å². The highest BCUT2D eigenvalue weighted by molar-refractivity contribution is 7.16. The maximum atomic E-state index is 6.02. The van der Waals surface area contributed by atoms with Crippen molar-refractivity contribution in [3.63, 3.8) is 0 Å². The van der Waals surface area contributed by atoms with Crippen LogP contribution in [0.5, 0.6) is 0 Å². The van der Waals surface area contributed by atoms with E-state index >= 15 is 0 Å². The molecule has 0 amide bonds. The molecule has 1 fully saturated rings. The van der Waals surface area contributed by atoms with Gasteiger partial charge in [0.15, 0.2) is 0 Å². The predicted octanol–water partition coefficient (Wildman–Crippen LogP) is 3.74. The van der Waals surface area contributed by atoms with Crippen LogP contribution in [0.25, 0.3) is 0 Å². The molecule has 2 nitrogen and oxygen atoms in total. The molecule has 2 rings (SSSR count). The van der Waals surface area contributed by atoms with Gasteiger partial charge in [-0.2, -0.15) is 0 Å². The Kier molecular flexibility index (Phi) is 5.07. The van der Waals surface area contributed by atoms with Crippen molar-refractivity contribution in [2.24, 2.45) is 5.41 Å². The molecular weight excluding hydrogens is 266 g/mol. The average Bonchev–Trinajstić information content (AvgIpc) is 2.73. The van der Waals surface area contributed by atoms with Crippen molar-refractivity contribution in [2.75, 3.05) is 19.8 Å². The number of hydrogen-bond donors (Lipinski definition) is 1. The lowest BCUT2D eigenvalue weighted by Gasteiger charge is -2.37. The van der Waals surface area contributed by atoms with Crippen molar-refractivity contribution in [3.05, 3.63) is 21.3 Å². The number of ether oxygens (including phenoxy) is 1. The maximum absolute atomic E-state index is 6.02. The first-order valence-electron chi connectivity index (χ1n) is 6.65. The van der Waals surface area contributed by atoms with Crippen LogP contribution in [0.15, 0.2) is 12.1 Å². The molecule has 4 heteroatoms. The monoisotopic (exact) mass is 287 g/mol. The van der Waals surface area contributed by atoms with Crippen LogP contribution >= 0.6 is 22.9 Å². The van der Waals surface area contributed by atoms with Crippen molar-refractivity contribution in [3.8, 4) is 0 Å². The third-order valence-electron chi connectivity index (χ3n) is 3.47. The minimum absolute atomic E-state index is 0.247. The second-order valence-electron chi connectivity index (χ2n) is 5.57. The SMILES string of the molecule is CC(C)NCC1(Cc2ccc(Cl)s2)CCCOC1. The van der Waals surface area contributed by atoms with Gasteiger partial charge in [0.05, 0.1) is 10.9 Å². The smallest absolute Gasteiger partial charge is 0.0931 e. The molecule has 0 bridgehead atoms. The lowest BCUT2D eigenvalue weighted by Crippen LogP contribution is -2.44. The van der Waals surface area contributed by atoms with Crippen molar-refractivity contribution < 1.29 is 4.74 Å². The van der Waals surface area contributed by atoms with Crippen LogP contribution in [0.2, 0.25) is 4.34 Å². The molecule has 1 saturated heterocycles. The van der Waals surface area contributed by atoms with Crippen LogP contribution in [-0.4, -0.2) is 25.8 Å². The summed E-state index contributed by atoms with van der Waals surface area (Å²) in [5, 5.41) is 3.57. The Morgan fingerprint density at radius 2 is 2.33 bits per heavy atom. The first kappa shape index (κ1) is 14.3. The van der Waals surface area contributed by atoms with Gasteiger partial charge < -0.3 is 10.1 Å². The molecule has 1 atom stereocenters. The van der Waals surface area contributed by atoms with E-state index in [1.165, 1.54) is 17.7 Å². The van der Waals surface area contributed by atoms with E-state index in [2.05, 4.69) is 25.2 Å². The summed E-state index contributed by atoms with van der Waals surface area (Å²) in [5.41, 5.74) is 0.247. The minimum Gasteiger partial charge on any atom is -0.381 e. The molecule has 0 aliphatic carbocycles. The van der Waals surface area contributed by atoms with Gasteiger partial charge in [-0.15, -0.1) is 11.3 Å². The second kappa shape index (κ2) is 6.38. The number of rotatable bonds is 5. The van der Waals surface area contributed by atoms with Crippen LogP contribution in [0, 0.1) is 5.41 Å². The number of halogens is 1. The minimum atomic E-state index is 0.247. The lowest BCUT2D eigenvalue weighted by molar-refractivity contribution is -0.00760. The van der Waals surface area contributed by atoms with Gasteiger partial charge in [-0.25, -0.2) is 0 Å². The van der Waals surface area contributed by atoms with Gasteiger partial charge in [0, 0.05) is 29.5 Å². The first-order valence-corrected chi connectivity index (χ1v) is 7.84. The fourth-order valence-electron chi connectivity index (χ4n) is 2.49. The average molecular weight is 288 g/mol. The lowest BCUT2D eigenvalue weighted by atomic mass is 9.78. The summed E-state index contributed by atoms with van der Waals surface area (Å²) in [7, 11) is 0.